The molecule has 0 atom stereocenters. The summed E-state index contributed by atoms with van der Waals surface area (Å²) in [5, 5.41) is 7.79. The maximum Gasteiger partial charge on any atom is 0.341 e. The number of ether oxygens (including phenoxy) is 1. The predicted octanol–water partition coefficient (Wildman–Crippen LogP) is 2.63. The van der Waals surface area contributed by atoms with E-state index in [-0.39, 0.29) is 6.01 Å². The molecule has 5 nitrogen and oxygen atoms in total. The average Bonchev–Trinajstić information content (AvgIpc) is 2.22. The summed E-state index contributed by atoms with van der Waals surface area (Å²) in [6.07, 6.45) is 0. The van der Waals surface area contributed by atoms with Crippen LogP contribution >= 0.6 is 15.9 Å². The lowest BCUT2D eigenvalue weighted by Gasteiger charge is -2.06. The zero-order chi connectivity index (χ0) is 12.4. The summed E-state index contributed by atoms with van der Waals surface area (Å²) in [5.74, 6) is 0.571. The van der Waals surface area contributed by atoms with Crippen molar-refractivity contribution >= 4 is 21.6 Å². The van der Waals surface area contributed by atoms with Gasteiger partial charge in [0.1, 0.15) is 5.75 Å². The normalized spacial score (nSPS) is 10.3. The van der Waals surface area contributed by atoms with Crippen LogP contribution in [0.4, 0.5) is 5.69 Å². The third kappa shape index (κ3) is 2.91. The number of aryl methyl sites for hydroxylation is 2. The van der Waals surface area contributed by atoms with Gasteiger partial charge in [-0.3, -0.25) is 0 Å². The van der Waals surface area contributed by atoms with Crippen LogP contribution in [0.1, 0.15) is 11.4 Å². The summed E-state index contributed by atoms with van der Waals surface area (Å²) < 4.78 is 6.32. The molecule has 0 aliphatic heterocycles. The number of rotatable bonds is 2. The van der Waals surface area contributed by atoms with Gasteiger partial charge >= 0.3 is 6.01 Å². The predicted molar refractivity (Wildman–Crippen MR) is 67.9 cm³/mol. The van der Waals surface area contributed by atoms with Crippen LogP contribution in [0, 0.1) is 13.8 Å². The Labute approximate surface area is 107 Å². The summed E-state index contributed by atoms with van der Waals surface area (Å²) >= 11 is 3.34. The summed E-state index contributed by atoms with van der Waals surface area (Å²) in [6, 6.07) is 5.48. The van der Waals surface area contributed by atoms with Gasteiger partial charge < -0.3 is 10.5 Å². The molecule has 0 aliphatic carbocycles. The van der Waals surface area contributed by atoms with E-state index in [9.17, 15) is 0 Å². The number of nitrogen functional groups attached to an aromatic ring is 1. The summed E-state index contributed by atoms with van der Waals surface area (Å²) in [4.78, 5) is 4.18. The molecule has 0 unspecified atom stereocenters. The monoisotopic (exact) mass is 294 g/mol. The van der Waals surface area contributed by atoms with Crippen LogP contribution < -0.4 is 10.5 Å². The molecule has 1 heterocycles. The van der Waals surface area contributed by atoms with Gasteiger partial charge in [0, 0.05) is 16.2 Å². The van der Waals surface area contributed by atoms with Gasteiger partial charge in [-0.1, -0.05) is 21.0 Å². The molecule has 0 saturated carbocycles. The van der Waals surface area contributed by atoms with Crippen molar-refractivity contribution in [3.05, 3.63) is 34.1 Å². The first-order chi connectivity index (χ1) is 8.04. The van der Waals surface area contributed by atoms with Gasteiger partial charge in [0.2, 0.25) is 0 Å². The van der Waals surface area contributed by atoms with E-state index in [0.29, 0.717) is 11.4 Å². The number of hydrogen-bond acceptors (Lipinski definition) is 5. The Bertz CT molecular complexity index is 539. The number of hydrogen-bond donors (Lipinski definition) is 1. The second-order valence-corrected chi connectivity index (χ2v) is 4.50. The average molecular weight is 295 g/mol. The van der Waals surface area contributed by atoms with E-state index < -0.39 is 0 Å². The smallest absolute Gasteiger partial charge is 0.341 e. The summed E-state index contributed by atoms with van der Waals surface area (Å²) in [7, 11) is 0. The van der Waals surface area contributed by atoms with Crippen molar-refractivity contribution in [3.8, 4) is 11.8 Å². The van der Waals surface area contributed by atoms with Crippen LogP contribution in [0.15, 0.2) is 22.7 Å². The van der Waals surface area contributed by atoms with Crippen LogP contribution in [0.5, 0.6) is 11.8 Å². The minimum Gasteiger partial charge on any atom is -0.423 e. The van der Waals surface area contributed by atoms with Crippen LogP contribution in [0.2, 0.25) is 0 Å². The quantitative estimate of drug-likeness (QED) is 0.862. The van der Waals surface area contributed by atoms with Gasteiger partial charge in [-0.15, -0.1) is 5.10 Å². The molecule has 0 spiro atoms. The van der Waals surface area contributed by atoms with Gasteiger partial charge in [-0.05, 0) is 26.0 Å². The van der Waals surface area contributed by atoms with Crippen molar-refractivity contribution in [1.82, 2.24) is 15.2 Å². The van der Waals surface area contributed by atoms with Crippen LogP contribution in [0.25, 0.3) is 0 Å². The van der Waals surface area contributed by atoms with E-state index in [4.69, 9.17) is 10.5 Å². The molecule has 6 heteroatoms. The molecular weight excluding hydrogens is 284 g/mol. The first-order valence-corrected chi connectivity index (χ1v) is 5.76. The van der Waals surface area contributed by atoms with Crippen molar-refractivity contribution in [3.63, 3.8) is 0 Å². The van der Waals surface area contributed by atoms with Gasteiger partial charge in [0.15, 0.2) is 0 Å². The van der Waals surface area contributed by atoms with Gasteiger partial charge in [-0.2, -0.15) is 4.98 Å². The van der Waals surface area contributed by atoms with Gasteiger partial charge in [0.25, 0.3) is 0 Å². The second kappa shape index (κ2) is 4.67. The van der Waals surface area contributed by atoms with Gasteiger partial charge in [0.05, 0.1) is 11.4 Å². The Hall–Kier alpha value is -1.69. The Morgan fingerprint density at radius 1 is 1.12 bits per heavy atom. The molecule has 2 N–H and O–H groups in total. The van der Waals surface area contributed by atoms with Crippen LogP contribution in [0.3, 0.4) is 0 Å². The summed E-state index contributed by atoms with van der Waals surface area (Å²) in [5.41, 5.74) is 7.88. The first kappa shape index (κ1) is 11.8. The topological polar surface area (TPSA) is 73.9 Å². The molecule has 0 saturated heterocycles. The van der Waals surface area contributed by atoms with Crippen molar-refractivity contribution in [2.75, 3.05) is 5.73 Å². The Kier molecular flexibility index (Phi) is 3.23. The highest BCUT2D eigenvalue weighted by Gasteiger charge is 2.05. The molecule has 0 fully saturated rings. The zero-order valence-electron chi connectivity index (χ0n) is 9.44. The van der Waals surface area contributed by atoms with Crippen molar-refractivity contribution in [1.29, 1.82) is 0 Å². The Morgan fingerprint density at radius 3 is 2.53 bits per heavy atom. The third-order valence-corrected chi connectivity index (χ3v) is 2.63. The lowest BCUT2D eigenvalue weighted by molar-refractivity contribution is 0.430. The molecule has 17 heavy (non-hydrogen) atoms. The highest BCUT2D eigenvalue weighted by molar-refractivity contribution is 9.10. The molecule has 2 rings (SSSR count). The van der Waals surface area contributed by atoms with Gasteiger partial charge in [-0.25, -0.2) is 0 Å². The van der Waals surface area contributed by atoms with Crippen molar-refractivity contribution in [2.24, 2.45) is 0 Å². The third-order valence-electron chi connectivity index (χ3n) is 2.18. The molecule has 0 bridgehead atoms. The maximum atomic E-state index is 5.70. The number of nitrogens with two attached hydrogens (primary N) is 1. The largest absolute Gasteiger partial charge is 0.423 e. The Balaban J connectivity index is 2.28. The van der Waals surface area contributed by atoms with Crippen LogP contribution in [-0.2, 0) is 0 Å². The minimum absolute atomic E-state index is 0.214. The fourth-order valence-electron chi connectivity index (χ4n) is 1.23. The fourth-order valence-corrected chi connectivity index (χ4v) is 1.72. The van der Waals surface area contributed by atoms with E-state index in [0.717, 1.165) is 15.9 Å². The van der Waals surface area contributed by atoms with Crippen molar-refractivity contribution in [2.45, 2.75) is 13.8 Å². The molecule has 2 aromatic rings. The molecule has 0 radical (unpaired) electrons. The van der Waals surface area contributed by atoms with E-state index >= 15 is 0 Å². The highest BCUT2D eigenvalue weighted by atomic mass is 79.9. The zero-order valence-corrected chi connectivity index (χ0v) is 11.0. The number of benzene rings is 1. The highest BCUT2D eigenvalue weighted by Crippen LogP contribution is 2.25. The van der Waals surface area contributed by atoms with E-state index in [2.05, 4.69) is 31.1 Å². The molecule has 88 valence electrons. The maximum absolute atomic E-state index is 5.70. The second-order valence-electron chi connectivity index (χ2n) is 3.59. The standard InChI is InChI=1S/C11H11BrN4O/c1-6-7(2)15-16-11(14-6)17-10-4-8(12)3-9(13)5-10/h3-5H,13H2,1-2H3. The van der Waals surface area contributed by atoms with E-state index in [1.807, 2.05) is 13.8 Å². The molecule has 1 aromatic heterocycles. The first-order valence-electron chi connectivity index (χ1n) is 4.96. The molecule has 0 amide bonds. The number of aromatic nitrogens is 3. The number of halogens is 1. The van der Waals surface area contributed by atoms with Crippen LogP contribution in [-0.4, -0.2) is 15.2 Å². The Morgan fingerprint density at radius 2 is 1.88 bits per heavy atom. The number of anilines is 1. The van der Waals surface area contributed by atoms with E-state index in [1.54, 1.807) is 18.2 Å². The fraction of sp³-hybridized carbons (Fsp3) is 0.182. The minimum atomic E-state index is 0.214. The SMILES string of the molecule is Cc1nnc(Oc2cc(N)cc(Br)c2)nc1C. The lowest BCUT2D eigenvalue weighted by atomic mass is 10.3. The van der Waals surface area contributed by atoms with E-state index in [1.165, 1.54) is 0 Å². The molecule has 0 aliphatic rings. The molecule has 1 aromatic carbocycles. The number of nitrogens with zero attached hydrogens (tertiary/aromatic N) is 3. The molecular formula is C11H11BrN4O. The van der Waals surface area contributed by atoms with Crippen molar-refractivity contribution < 1.29 is 4.74 Å². The summed E-state index contributed by atoms with van der Waals surface area (Å²) in [6.45, 7) is 3.70. The lowest BCUT2D eigenvalue weighted by Crippen LogP contribution is -1.99.